The van der Waals surface area contributed by atoms with Gasteiger partial charge in [-0.3, -0.25) is 0 Å². The zero-order valence-electron chi connectivity index (χ0n) is 24.7. The first-order valence-corrected chi connectivity index (χ1v) is 19.9. The second-order valence-corrected chi connectivity index (χ2v) is 21.8. The van der Waals surface area contributed by atoms with Gasteiger partial charge in [-0.2, -0.15) is 0 Å². The van der Waals surface area contributed by atoms with E-state index in [-0.39, 0.29) is 17.2 Å². The second-order valence-electron chi connectivity index (χ2n) is 12.6. The molecular weight excluding hydrogens is 512 g/mol. The van der Waals surface area contributed by atoms with Crippen LogP contribution in [-0.4, -0.2) is 61.1 Å². The summed E-state index contributed by atoms with van der Waals surface area (Å²) in [5, 5.41) is 0.0853. The lowest BCUT2D eigenvalue weighted by molar-refractivity contribution is -0.310. The first-order chi connectivity index (χ1) is 17.8. The smallest absolute Gasteiger partial charge is 0.192 e. The average molecular weight is 561 g/mol. The van der Waals surface area contributed by atoms with E-state index in [0.717, 1.165) is 11.1 Å². The quantitative estimate of drug-likeness (QED) is 0.267. The Balaban J connectivity index is 1.91. The summed E-state index contributed by atoms with van der Waals surface area (Å²) in [6.45, 7) is 19.1. The molecular formula is C30H48O6Si2. The Morgan fingerprint density at radius 2 is 1.24 bits per heavy atom. The van der Waals surface area contributed by atoms with Crippen LogP contribution < -0.4 is 0 Å². The minimum absolute atomic E-state index is 0.0853. The largest absolute Gasteiger partial charge is 0.414 e. The van der Waals surface area contributed by atoms with Gasteiger partial charge in [0, 0.05) is 7.11 Å². The van der Waals surface area contributed by atoms with Crippen molar-refractivity contribution in [3.63, 3.8) is 0 Å². The molecule has 212 valence electrons. The number of ether oxygens (including phenoxy) is 4. The fourth-order valence-corrected chi connectivity index (χ4v) is 6.28. The van der Waals surface area contributed by atoms with Crippen molar-refractivity contribution in [2.75, 3.05) is 13.7 Å². The normalized spacial score (nSPS) is 24.9. The summed E-state index contributed by atoms with van der Waals surface area (Å²) in [7, 11) is -2.36. The summed E-state index contributed by atoms with van der Waals surface area (Å²) >= 11 is 0. The number of hydrogen-bond donors (Lipinski definition) is 0. The fraction of sp³-hybridized carbons (Fsp3) is 0.600. The average Bonchev–Trinajstić information content (AvgIpc) is 2.85. The van der Waals surface area contributed by atoms with E-state index in [1.807, 2.05) is 36.4 Å². The lowest BCUT2D eigenvalue weighted by atomic mass is 9.98. The molecule has 0 saturated carbocycles. The van der Waals surface area contributed by atoms with Gasteiger partial charge in [-0.15, -0.1) is 0 Å². The fourth-order valence-electron chi connectivity index (χ4n) is 4.16. The van der Waals surface area contributed by atoms with Crippen molar-refractivity contribution in [2.45, 2.75) is 102 Å². The highest BCUT2D eigenvalue weighted by molar-refractivity contribution is 6.74. The highest BCUT2D eigenvalue weighted by Gasteiger charge is 2.50. The molecule has 0 amide bonds. The van der Waals surface area contributed by atoms with Crippen LogP contribution in [0.5, 0.6) is 0 Å². The molecule has 1 heterocycles. The molecule has 0 aliphatic carbocycles. The summed E-state index contributed by atoms with van der Waals surface area (Å²) in [4.78, 5) is 0. The minimum atomic E-state index is -2.02. The lowest BCUT2D eigenvalue weighted by Gasteiger charge is -2.48. The molecule has 0 spiro atoms. The molecule has 5 atom stereocenters. The summed E-state index contributed by atoms with van der Waals surface area (Å²) in [5.41, 5.74) is 2.17. The van der Waals surface area contributed by atoms with Crippen LogP contribution in [0.4, 0.5) is 0 Å². The Labute approximate surface area is 232 Å². The van der Waals surface area contributed by atoms with Gasteiger partial charge in [-0.1, -0.05) is 81.4 Å². The van der Waals surface area contributed by atoms with E-state index in [0.29, 0.717) is 19.8 Å². The van der Waals surface area contributed by atoms with E-state index in [2.05, 4.69) is 77.8 Å². The van der Waals surface area contributed by atoms with Crippen molar-refractivity contribution >= 4 is 16.6 Å². The molecule has 8 heteroatoms. The zero-order chi connectivity index (χ0) is 28.0. The third-order valence-corrected chi connectivity index (χ3v) is 12.8. The molecule has 4 unspecified atom stereocenters. The van der Waals surface area contributed by atoms with Gasteiger partial charge in [0.2, 0.25) is 0 Å². The summed E-state index contributed by atoms with van der Waals surface area (Å²) in [6.07, 6.45) is -2.21. The first kappa shape index (κ1) is 31.2. The van der Waals surface area contributed by atoms with Gasteiger partial charge in [0.15, 0.2) is 22.9 Å². The molecule has 38 heavy (non-hydrogen) atoms. The summed E-state index contributed by atoms with van der Waals surface area (Å²) in [6, 6.07) is 20.3. The van der Waals surface area contributed by atoms with E-state index in [1.54, 1.807) is 7.11 Å². The van der Waals surface area contributed by atoms with E-state index in [4.69, 9.17) is 27.8 Å². The van der Waals surface area contributed by atoms with Gasteiger partial charge in [-0.05, 0) is 48.9 Å². The molecule has 0 N–H and O–H groups in total. The predicted octanol–water partition coefficient (Wildman–Crippen LogP) is 6.77. The first-order valence-electron chi connectivity index (χ1n) is 13.6. The van der Waals surface area contributed by atoms with Crippen molar-refractivity contribution in [2.24, 2.45) is 0 Å². The van der Waals surface area contributed by atoms with Gasteiger partial charge < -0.3 is 27.8 Å². The Kier molecular flexibility index (Phi) is 10.9. The molecule has 6 nitrogen and oxygen atoms in total. The van der Waals surface area contributed by atoms with Crippen LogP contribution in [0.2, 0.25) is 37.8 Å². The molecule has 2 aromatic rings. The topological polar surface area (TPSA) is 55.4 Å². The predicted molar refractivity (Wildman–Crippen MR) is 157 cm³/mol. The molecule has 1 aliphatic heterocycles. The molecule has 1 fully saturated rings. The van der Waals surface area contributed by atoms with Crippen molar-refractivity contribution in [1.82, 2.24) is 0 Å². The van der Waals surface area contributed by atoms with Crippen LogP contribution in [0.25, 0.3) is 0 Å². The van der Waals surface area contributed by atoms with Gasteiger partial charge in [0.25, 0.3) is 0 Å². The van der Waals surface area contributed by atoms with Crippen molar-refractivity contribution < 1.29 is 27.8 Å². The number of rotatable bonds is 12. The highest BCUT2D eigenvalue weighted by atomic mass is 28.4. The Morgan fingerprint density at radius 1 is 0.737 bits per heavy atom. The molecule has 0 aromatic heterocycles. The number of hydrogen-bond acceptors (Lipinski definition) is 6. The van der Waals surface area contributed by atoms with Gasteiger partial charge >= 0.3 is 0 Å². The number of methoxy groups -OCH3 is 1. The maximum absolute atomic E-state index is 6.81. The highest BCUT2D eigenvalue weighted by Crippen LogP contribution is 2.38. The van der Waals surface area contributed by atoms with Crippen LogP contribution in [0.3, 0.4) is 0 Å². The van der Waals surface area contributed by atoms with E-state index < -0.39 is 35.1 Å². The van der Waals surface area contributed by atoms with Crippen LogP contribution in [0.15, 0.2) is 60.7 Å². The maximum Gasteiger partial charge on any atom is 0.192 e. The molecule has 1 saturated heterocycles. The Bertz CT molecular complexity index is 958. The van der Waals surface area contributed by atoms with Crippen molar-refractivity contribution in [3.05, 3.63) is 71.8 Å². The number of benzene rings is 2. The van der Waals surface area contributed by atoms with Gasteiger partial charge in [0.1, 0.15) is 24.4 Å². The van der Waals surface area contributed by atoms with E-state index in [1.165, 1.54) is 0 Å². The molecule has 0 radical (unpaired) electrons. The third-order valence-electron chi connectivity index (χ3n) is 7.30. The van der Waals surface area contributed by atoms with Crippen LogP contribution in [0.1, 0.15) is 31.9 Å². The molecule has 2 aromatic carbocycles. The van der Waals surface area contributed by atoms with E-state index in [9.17, 15) is 0 Å². The standard InChI is InChI=1S/C30H48O6Si2/c1-30(2,3)38(8,9)34-22-25-26(36-37(5,6)7)27(32-20-23-16-12-10-13-17-23)28(29(31-4)35-25)33-21-24-18-14-11-15-19-24/h10-19,25-29H,20-22H2,1-9H3/t25?,26?,27?,28?,29-/m0/s1. The SMILES string of the molecule is CO[C@H]1OC(CO[Si](C)(C)C(C)(C)C)C(O[Si](C)(C)C)C(OCc2ccccc2)C1OCc1ccccc1. The molecule has 0 bridgehead atoms. The lowest BCUT2D eigenvalue weighted by Crippen LogP contribution is -2.63. The van der Waals surface area contributed by atoms with Crippen LogP contribution in [-0.2, 0) is 41.0 Å². The monoisotopic (exact) mass is 560 g/mol. The molecule has 1 aliphatic rings. The van der Waals surface area contributed by atoms with Gasteiger partial charge in [-0.25, -0.2) is 0 Å². The van der Waals surface area contributed by atoms with Crippen molar-refractivity contribution in [1.29, 1.82) is 0 Å². The Morgan fingerprint density at radius 3 is 1.68 bits per heavy atom. The van der Waals surface area contributed by atoms with Crippen LogP contribution >= 0.6 is 0 Å². The van der Waals surface area contributed by atoms with E-state index >= 15 is 0 Å². The zero-order valence-corrected chi connectivity index (χ0v) is 26.7. The second kappa shape index (κ2) is 13.3. The summed E-state index contributed by atoms with van der Waals surface area (Å²) < 4.78 is 39.0. The van der Waals surface area contributed by atoms with Crippen molar-refractivity contribution in [3.8, 4) is 0 Å². The molecule has 3 rings (SSSR count). The Hall–Kier alpha value is -1.37. The summed E-state index contributed by atoms with van der Waals surface area (Å²) in [5.74, 6) is 0. The third kappa shape index (κ3) is 8.82. The maximum atomic E-state index is 6.81. The minimum Gasteiger partial charge on any atom is -0.414 e. The van der Waals surface area contributed by atoms with Crippen LogP contribution in [0, 0.1) is 0 Å². The van der Waals surface area contributed by atoms with Gasteiger partial charge in [0.05, 0.1) is 19.8 Å².